The van der Waals surface area contributed by atoms with Gasteiger partial charge in [0.2, 0.25) is 0 Å². The maximum atomic E-state index is 11.1. The Bertz CT molecular complexity index is 1060. The molecule has 0 amide bonds. The van der Waals surface area contributed by atoms with Gasteiger partial charge in [-0.1, -0.05) is 60.7 Å². The van der Waals surface area contributed by atoms with E-state index in [0.717, 1.165) is 11.3 Å². The van der Waals surface area contributed by atoms with Gasteiger partial charge >= 0.3 is 0 Å². The van der Waals surface area contributed by atoms with Crippen LogP contribution in [0.1, 0.15) is 0 Å². The van der Waals surface area contributed by atoms with Crippen molar-refractivity contribution in [2.75, 3.05) is 0 Å². The number of para-hydroxylation sites is 1. The van der Waals surface area contributed by atoms with Gasteiger partial charge < -0.3 is 0 Å². The second-order valence-corrected chi connectivity index (χ2v) is 5.69. The molecule has 6 heteroatoms. The van der Waals surface area contributed by atoms with Crippen LogP contribution in [-0.2, 0) is 0 Å². The van der Waals surface area contributed by atoms with Crippen LogP contribution in [0.15, 0.2) is 84.9 Å². The van der Waals surface area contributed by atoms with Crippen LogP contribution in [0, 0.1) is 10.1 Å². The summed E-state index contributed by atoms with van der Waals surface area (Å²) in [4.78, 5) is 10.7. The van der Waals surface area contributed by atoms with Crippen LogP contribution < -0.4 is 0 Å². The van der Waals surface area contributed by atoms with Crippen LogP contribution in [0.4, 0.5) is 5.69 Å². The van der Waals surface area contributed by atoms with Crippen LogP contribution in [0.3, 0.4) is 0 Å². The van der Waals surface area contributed by atoms with E-state index >= 15 is 0 Å². The number of rotatable bonds is 4. The van der Waals surface area contributed by atoms with Crippen molar-refractivity contribution in [3.8, 4) is 28.5 Å². The zero-order valence-corrected chi connectivity index (χ0v) is 13.7. The molecular formula is C20H14N4O2. The largest absolute Gasteiger partial charge is 0.275 e. The summed E-state index contributed by atoms with van der Waals surface area (Å²) in [5.41, 5.74) is 2.46. The molecule has 0 aliphatic carbocycles. The molecule has 0 aliphatic heterocycles. The molecule has 0 saturated heterocycles. The molecule has 0 atom stereocenters. The van der Waals surface area contributed by atoms with Gasteiger partial charge in [-0.05, 0) is 12.1 Å². The summed E-state index contributed by atoms with van der Waals surface area (Å²) in [6.45, 7) is 0. The molecule has 0 N–H and O–H groups in total. The van der Waals surface area contributed by atoms with Crippen LogP contribution in [0.2, 0.25) is 0 Å². The second kappa shape index (κ2) is 6.60. The van der Waals surface area contributed by atoms with E-state index in [1.165, 1.54) is 12.1 Å². The molecule has 126 valence electrons. The molecule has 0 unspecified atom stereocenters. The lowest BCUT2D eigenvalue weighted by molar-refractivity contribution is -0.384. The van der Waals surface area contributed by atoms with Crippen molar-refractivity contribution in [1.82, 2.24) is 14.8 Å². The van der Waals surface area contributed by atoms with E-state index in [4.69, 9.17) is 0 Å². The number of benzene rings is 3. The molecule has 3 aromatic carbocycles. The van der Waals surface area contributed by atoms with Crippen molar-refractivity contribution in [2.45, 2.75) is 0 Å². The molecule has 4 rings (SSSR count). The maximum Gasteiger partial charge on any atom is 0.270 e. The summed E-state index contributed by atoms with van der Waals surface area (Å²) in [6, 6.07) is 25.9. The van der Waals surface area contributed by atoms with Crippen LogP contribution in [0.25, 0.3) is 28.5 Å². The highest BCUT2D eigenvalue weighted by atomic mass is 16.6. The monoisotopic (exact) mass is 342 g/mol. The lowest BCUT2D eigenvalue weighted by Gasteiger charge is -2.10. The third-order valence-electron chi connectivity index (χ3n) is 4.02. The van der Waals surface area contributed by atoms with Gasteiger partial charge in [-0.3, -0.25) is 14.7 Å². The van der Waals surface area contributed by atoms with Gasteiger partial charge in [0.05, 0.1) is 4.92 Å². The van der Waals surface area contributed by atoms with Crippen molar-refractivity contribution < 1.29 is 4.92 Å². The summed E-state index contributed by atoms with van der Waals surface area (Å²) in [7, 11) is 0. The van der Waals surface area contributed by atoms with Gasteiger partial charge in [0.1, 0.15) is 0 Å². The zero-order chi connectivity index (χ0) is 17.9. The molecular weight excluding hydrogens is 328 g/mol. The maximum absolute atomic E-state index is 11.1. The molecule has 1 heterocycles. The van der Waals surface area contributed by atoms with Crippen molar-refractivity contribution >= 4 is 5.69 Å². The quantitative estimate of drug-likeness (QED) is 0.404. The first-order valence-corrected chi connectivity index (χ1v) is 8.05. The molecule has 6 nitrogen and oxygen atoms in total. The predicted molar refractivity (Wildman–Crippen MR) is 98.9 cm³/mol. The number of hydrogen-bond donors (Lipinski definition) is 0. The van der Waals surface area contributed by atoms with Crippen LogP contribution in [0.5, 0.6) is 0 Å². The predicted octanol–water partition coefficient (Wildman–Crippen LogP) is 4.51. The third kappa shape index (κ3) is 2.84. The van der Waals surface area contributed by atoms with Crippen molar-refractivity contribution in [1.29, 1.82) is 0 Å². The van der Waals surface area contributed by atoms with Crippen LogP contribution in [-0.4, -0.2) is 19.7 Å². The highest BCUT2D eigenvalue weighted by Crippen LogP contribution is 2.29. The molecule has 0 saturated carbocycles. The first-order valence-electron chi connectivity index (χ1n) is 8.05. The van der Waals surface area contributed by atoms with Gasteiger partial charge in [-0.2, -0.15) is 0 Å². The Morgan fingerprint density at radius 1 is 0.731 bits per heavy atom. The standard InChI is InChI=1S/C20H14N4O2/c25-24(26)18-13-7-10-16(14-18)20-22-21-19(15-8-3-1-4-9-15)23(20)17-11-5-2-6-12-17/h1-14H. The van der Waals surface area contributed by atoms with E-state index in [-0.39, 0.29) is 5.69 Å². The van der Waals surface area contributed by atoms with E-state index in [9.17, 15) is 10.1 Å². The van der Waals surface area contributed by atoms with Gasteiger partial charge in [0.15, 0.2) is 11.6 Å². The van der Waals surface area contributed by atoms with Crippen molar-refractivity contribution in [2.24, 2.45) is 0 Å². The Morgan fingerprint density at radius 2 is 1.31 bits per heavy atom. The molecule has 1 aromatic heterocycles. The fraction of sp³-hybridized carbons (Fsp3) is 0. The average molecular weight is 342 g/mol. The average Bonchev–Trinajstić information content (AvgIpc) is 3.14. The van der Waals surface area contributed by atoms with Gasteiger partial charge in [0, 0.05) is 28.9 Å². The van der Waals surface area contributed by atoms with E-state index in [1.807, 2.05) is 65.2 Å². The van der Waals surface area contributed by atoms with Crippen molar-refractivity contribution in [3.63, 3.8) is 0 Å². The number of non-ortho nitro benzene ring substituents is 1. The van der Waals surface area contributed by atoms with E-state index in [0.29, 0.717) is 17.2 Å². The summed E-state index contributed by atoms with van der Waals surface area (Å²) in [5.74, 6) is 1.23. The molecule has 0 bridgehead atoms. The first kappa shape index (κ1) is 15.7. The minimum Gasteiger partial charge on any atom is -0.275 e. The molecule has 4 aromatic rings. The molecule has 0 spiro atoms. The number of aromatic nitrogens is 3. The third-order valence-corrected chi connectivity index (χ3v) is 4.02. The highest BCUT2D eigenvalue weighted by Gasteiger charge is 2.18. The van der Waals surface area contributed by atoms with Crippen LogP contribution >= 0.6 is 0 Å². The Morgan fingerprint density at radius 3 is 1.96 bits per heavy atom. The number of nitrogens with zero attached hydrogens (tertiary/aromatic N) is 4. The highest BCUT2D eigenvalue weighted by molar-refractivity contribution is 5.68. The Balaban J connectivity index is 1.95. The summed E-state index contributed by atoms with van der Waals surface area (Å²) >= 11 is 0. The zero-order valence-electron chi connectivity index (χ0n) is 13.7. The summed E-state index contributed by atoms with van der Waals surface area (Å²) in [6.07, 6.45) is 0. The fourth-order valence-electron chi connectivity index (χ4n) is 2.83. The number of hydrogen-bond acceptors (Lipinski definition) is 4. The van der Waals surface area contributed by atoms with Gasteiger partial charge in [-0.25, -0.2) is 0 Å². The lowest BCUT2D eigenvalue weighted by atomic mass is 10.1. The molecule has 0 aliphatic rings. The Labute approximate surface area is 149 Å². The van der Waals surface area contributed by atoms with Gasteiger partial charge in [0.25, 0.3) is 5.69 Å². The topological polar surface area (TPSA) is 73.8 Å². The summed E-state index contributed by atoms with van der Waals surface area (Å²) in [5, 5.41) is 19.8. The molecule has 26 heavy (non-hydrogen) atoms. The van der Waals surface area contributed by atoms with Gasteiger partial charge in [-0.15, -0.1) is 10.2 Å². The first-order chi connectivity index (χ1) is 12.7. The fourth-order valence-corrected chi connectivity index (χ4v) is 2.83. The van der Waals surface area contributed by atoms with E-state index in [2.05, 4.69) is 10.2 Å². The second-order valence-electron chi connectivity index (χ2n) is 5.69. The molecule has 0 radical (unpaired) electrons. The summed E-state index contributed by atoms with van der Waals surface area (Å²) < 4.78 is 1.91. The smallest absolute Gasteiger partial charge is 0.270 e. The number of nitro groups is 1. The van der Waals surface area contributed by atoms with Crippen molar-refractivity contribution in [3.05, 3.63) is 95.0 Å². The minimum atomic E-state index is -0.412. The van der Waals surface area contributed by atoms with E-state index in [1.54, 1.807) is 12.1 Å². The molecule has 0 fully saturated rings. The number of nitro benzene ring substituents is 1. The SMILES string of the molecule is O=[N+]([O-])c1cccc(-c2nnc(-c3ccccc3)n2-c2ccccc2)c1. The lowest BCUT2D eigenvalue weighted by Crippen LogP contribution is -2.00. The van der Waals surface area contributed by atoms with E-state index < -0.39 is 4.92 Å². The minimum absolute atomic E-state index is 0.0198. The Hall–Kier alpha value is -3.80. The normalized spacial score (nSPS) is 10.6. The Kier molecular flexibility index (Phi) is 3.99.